The zero-order valence-corrected chi connectivity index (χ0v) is 19.4. The van der Waals surface area contributed by atoms with Crippen molar-refractivity contribution in [1.29, 1.82) is 0 Å². The Morgan fingerprint density at radius 3 is 2.97 bits per heavy atom. The van der Waals surface area contributed by atoms with Crippen LogP contribution >= 0.6 is 11.3 Å². The summed E-state index contributed by atoms with van der Waals surface area (Å²) in [5.41, 5.74) is 10.7. The lowest BCUT2D eigenvalue weighted by atomic mass is 10.1. The number of thiophene rings is 1. The quantitative estimate of drug-likeness (QED) is 0.512. The summed E-state index contributed by atoms with van der Waals surface area (Å²) in [5.74, 6) is 1.43. The summed E-state index contributed by atoms with van der Waals surface area (Å²) in [6.45, 7) is 7.61. The van der Waals surface area contributed by atoms with Crippen LogP contribution in [0.3, 0.4) is 0 Å². The number of piperazine rings is 1. The number of aryl methyl sites for hydroxylation is 1. The molecule has 2 aliphatic rings. The predicted octanol–water partition coefficient (Wildman–Crippen LogP) is 3.79. The number of ether oxygens (including phenoxy) is 1. The zero-order chi connectivity index (χ0) is 21.8. The summed E-state index contributed by atoms with van der Waals surface area (Å²) in [5, 5.41) is 5.78. The van der Waals surface area contributed by atoms with Crippen LogP contribution in [0.25, 0.3) is 26.0 Å². The van der Waals surface area contributed by atoms with Crippen LogP contribution in [0.1, 0.15) is 24.1 Å². The molecule has 32 heavy (non-hydrogen) atoms. The molecule has 0 radical (unpaired) electrons. The number of hydrogen-bond donors (Lipinski definition) is 1. The van der Waals surface area contributed by atoms with Gasteiger partial charge in [0.2, 0.25) is 0 Å². The van der Waals surface area contributed by atoms with Gasteiger partial charge >= 0.3 is 0 Å². The topological polar surface area (TPSA) is 71.9 Å². The van der Waals surface area contributed by atoms with Crippen molar-refractivity contribution in [3.8, 4) is 16.2 Å². The number of hydrogen-bond acceptors (Lipinski definition) is 7. The molecule has 4 aromatic rings. The highest BCUT2D eigenvalue weighted by molar-refractivity contribution is 7.22. The van der Waals surface area contributed by atoms with E-state index in [4.69, 9.17) is 10.5 Å². The molecule has 1 aromatic carbocycles. The highest BCUT2D eigenvalue weighted by atomic mass is 32.1. The molecule has 0 spiro atoms. The standard InChI is InChI=1S/C24H28N6OS/c1-15-8-16-10-21(32-23(16)20(9-15)31-2)19-11-18(30-22(19)24(25)26-14-27-30)13-28-6-7-29-5-3-4-17(29)12-28/h8-11,14,17H,3-7,12-13H2,1-2H3,(H2,25,26,27). The van der Waals surface area contributed by atoms with Crippen LogP contribution in [0.15, 0.2) is 30.6 Å². The minimum Gasteiger partial charge on any atom is -0.495 e. The third-order valence-corrected chi connectivity index (χ3v) is 8.12. The first kappa shape index (κ1) is 20.0. The van der Waals surface area contributed by atoms with Crippen molar-refractivity contribution in [3.63, 3.8) is 0 Å². The third-order valence-electron chi connectivity index (χ3n) is 6.93. The summed E-state index contributed by atoms with van der Waals surface area (Å²) in [6.07, 6.45) is 4.20. The molecular weight excluding hydrogens is 420 g/mol. The van der Waals surface area contributed by atoms with Gasteiger partial charge in [0.05, 0.1) is 17.5 Å². The minimum atomic E-state index is 0.516. The molecule has 0 saturated carbocycles. The van der Waals surface area contributed by atoms with E-state index >= 15 is 0 Å². The van der Waals surface area contributed by atoms with E-state index in [0.29, 0.717) is 11.9 Å². The van der Waals surface area contributed by atoms with Crippen molar-refractivity contribution in [2.45, 2.75) is 32.4 Å². The normalized spacial score (nSPS) is 19.8. The lowest BCUT2D eigenvalue weighted by Gasteiger charge is -2.37. The first-order valence-electron chi connectivity index (χ1n) is 11.3. The van der Waals surface area contributed by atoms with E-state index in [1.165, 1.54) is 30.3 Å². The number of benzene rings is 1. The van der Waals surface area contributed by atoms with Crippen molar-refractivity contribution < 1.29 is 4.74 Å². The Morgan fingerprint density at radius 2 is 2.09 bits per heavy atom. The molecule has 8 heteroatoms. The molecule has 3 aromatic heterocycles. The molecule has 0 amide bonds. The Balaban J connectivity index is 1.42. The number of aromatic nitrogens is 3. The molecule has 2 N–H and O–H groups in total. The van der Waals surface area contributed by atoms with Gasteiger partial charge in [0.25, 0.3) is 0 Å². The van der Waals surface area contributed by atoms with Crippen LogP contribution in [-0.2, 0) is 6.54 Å². The van der Waals surface area contributed by atoms with Gasteiger partial charge in [-0.1, -0.05) is 6.07 Å². The van der Waals surface area contributed by atoms with Crippen molar-refractivity contribution in [1.82, 2.24) is 24.4 Å². The highest BCUT2D eigenvalue weighted by Crippen LogP contribution is 2.42. The molecule has 0 aliphatic carbocycles. The average molecular weight is 449 g/mol. The van der Waals surface area contributed by atoms with Gasteiger partial charge in [-0.25, -0.2) is 9.50 Å². The fraction of sp³-hybridized carbons (Fsp3) is 0.417. The molecule has 2 fully saturated rings. The van der Waals surface area contributed by atoms with Crippen LogP contribution in [0, 0.1) is 6.92 Å². The summed E-state index contributed by atoms with van der Waals surface area (Å²) in [4.78, 5) is 10.7. The van der Waals surface area contributed by atoms with Crippen LogP contribution in [0.5, 0.6) is 5.75 Å². The second-order valence-corrected chi connectivity index (χ2v) is 10.1. The largest absolute Gasteiger partial charge is 0.495 e. The van der Waals surface area contributed by atoms with E-state index in [9.17, 15) is 0 Å². The fourth-order valence-electron chi connectivity index (χ4n) is 5.41. The second-order valence-electron chi connectivity index (χ2n) is 9.02. The van der Waals surface area contributed by atoms with Gasteiger partial charge in [0, 0.05) is 42.7 Å². The number of anilines is 1. The third kappa shape index (κ3) is 3.25. The summed E-state index contributed by atoms with van der Waals surface area (Å²) in [6, 6.07) is 9.49. The number of fused-ring (bicyclic) bond motifs is 3. The SMILES string of the molecule is COc1cc(C)cc2cc(-c3cc(CN4CCN5CCCC5C4)n4ncnc(N)c34)sc12. The number of nitrogens with zero attached hydrogens (tertiary/aromatic N) is 5. The molecule has 166 valence electrons. The lowest BCUT2D eigenvalue weighted by Crippen LogP contribution is -2.49. The molecule has 1 atom stereocenters. The van der Waals surface area contributed by atoms with E-state index < -0.39 is 0 Å². The first-order chi connectivity index (χ1) is 15.6. The molecular formula is C24H28N6OS. The van der Waals surface area contributed by atoms with Gasteiger partial charge < -0.3 is 10.5 Å². The number of nitrogens with two attached hydrogens (primary N) is 1. The molecule has 2 saturated heterocycles. The lowest BCUT2D eigenvalue weighted by molar-refractivity contribution is 0.0980. The van der Waals surface area contributed by atoms with Crippen molar-refractivity contribution in [2.75, 3.05) is 39.0 Å². The van der Waals surface area contributed by atoms with Crippen molar-refractivity contribution >= 4 is 32.8 Å². The smallest absolute Gasteiger partial charge is 0.152 e. The van der Waals surface area contributed by atoms with Crippen LogP contribution in [0.2, 0.25) is 0 Å². The molecule has 1 unspecified atom stereocenters. The number of nitrogen functional groups attached to an aromatic ring is 1. The van der Waals surface area contributed by atoms with Crippen LogP contribution in [0.4, 0.5) is 5.82 Å². The van der Waals surface area contributed by atoms with E-state index in [1.54, 1.807) is 24.8 Å². The van der Waals surface area contributed by atoms with Gasteiger partial charge in [0.1, 0.15) is 17.6 Å². The molecule has 5 heterocycles. The molecule has 0 bridgehead atoms. The zero-order valence-electron chi connectivity index (χ0n) is 18.5. The summed E-state index contributed by atoms with van der Waals surface area (Å²) < 4.78 is 8.80. The predicted molar refractivity (Wildman–Crippen MR) is 129 cm³/mol. The maximum atomic E-state index is 6.37. The van der Waals surface area contributed by atoms with E-state index in [2.05, 4.69) is 51.1 Å². The maximum Gasteiger partial charge on any atom is 0.152 e. The first-order valence-corrected chi connectivity index (χ1v) is 12.1. The summed E-state index contributed by atoms with van der Waals surface area (Å²) in [7, 11) is 1.73. The minimum absolute atomic E-state index is 0.516. The Labute approximate surface area is 191 Å². The Kier molecular flexibility index (Phi) is 4.82. The van der Waals surface area contributed by atoms with Gasteiger partial charge in [0.15, 0.2) is 5.82 Å². The number of methoxy groups -OCH3 is 1. The Hall–Kier alpha value is -2.68. The molecule has 6 rings (SSSR count). The average Bonchev–Trinajstić information content (AvgIpc) is 3.50. The van der Waals surface area contributed by atoms with Crippen LogP contribution < -0.4 is 10.5 Å². The van der Waals surface area contributed by atoms with Gasteiger partial charge in [-0.2, -0.15) is 5.10 Å². The second kappa shape index (κ2) is 7.72. The highest BCUT2D eigenvalue weighted by Gasteiger charge is 2.31. The number of rotatable bonds is 4. The Bertz CT molecular complexity index is 1310. The van der Waals surface area contributed by atoms with Gasteiger partial charge in [-0.15, -0.1) is 11.3 Å². The Morgan fingerprint density at radius 1 is 1.19 bits per heavy atom. The molecule has 7 nitrogen and oxygen atoms in total. The molecule has 2 aliphatic heterocycles. The van der Waals surface area contributed by atoms with Crippen molar-refractivity contribution in [2.24, 2.45) is 0 Å². The van der Waals surface area contributed by atoms with E-state index in [-0.39, 0.29) is 0 Å². The van der Waals surface area contributed by atoms with Crippen molar-refractivity contribution in [3.05, 3.63) is 41.9 Å². The van der Waals surface area contributed by atoms with Gasteiger partial charge in [-0.05, 0) is 55.5 Å². The van der Waals surface area contributed by atoms with Crippen LogP contribution in [-0.4, -0.2) is 63.7 Å². The van der Waals surface area contributed by atoms with E-state index in [0.717, 1.165) is 58.3 Å². The van der Waals surface area contributed by atoms with E-state index in [1.807, 2.05) is 4.52 Å². The fourth-order valence-corrected chi connectivity index (χ4v) is 6.56. The summed E-state index contributed by atoms with van der Waals surface area (Å²) >= 11 is 1.74. The monoisotopic (exact) mass is 448 g/mol. The van der Waals surface area contributed by atoms with Gasteiger partial charge in [-0.3, -0.25) is 9.80 Å². The maximum absolute atomic E-state index is 6.37.